The number of fused-ring (bicyclic) bond motifs is 1. The third-order valence-electron chi connectivity index (χ3n) is 3.59. The fourth-order valence-electron chi connectivity index (χ4n) is 2.41. The summed E-state index contributed by atoms with van der Waals surface area (Å²) in [6.45, 7) is 3.87. The van der Waals surface area contributed by atoms with Crippen LogP contribution >= 0.6 is 11.6 Å². The van der Waals surface area contributed by atoms with Crippen molar-refractivity contribution in [3.8, 4) is 0 Å². The van der Waals surface area contributed by atoms with E-state index in [-0.39, 0.29) is 11.1 Å². The van der Waals surface area contributed by atoms with Crippen LogP contribution in [0.5, 0.6) is 0 Å². The Kier molecular flexibility index (Phi) is 3.92. The molecule has 0 bridgehead atoms. The molecule has 0 unspecified atom stereocenters. The van der Waals surface area contributed by atoms with Gasteiger partial charge in [0.25, 0.3) is 5.91 Å². The number of aryl methyl sites for hydroxylation is 2. The van der Waals surface area contributed by atoms with Crippen LogP contribution in [0.1, 0.15) is 21.5 Å². The summed E-state index contributed by atoms with van der Waals surface area (Å²) in [6.07, 6.45) is 0. The van der Waals surface area contributed by atoms with Crippen LogP contribution in [-0.2, 0) is 0 Å². The third kappa shape index (κ3) is 2.98. The van der Waals surface area contributed by atoms with Gasteiger partial charge in [-0.3, -0.25) is 4.79 Å². The van der Waals surface area contributed by atoms with Gasteiger partial charge in [0.15, 0.2) is 5.58 Å². The topological polar surface area (TPSA) is 59.3 Å². The molecule has 3 rings (SSSR count). The number of amides is 1. The van der Waals surface area contributed by atoms with Gasteiger partial charge in [0.1, 0.15) is 5.56 Å². The van der Waals surface area contributed by atoms with Gasteiger partial charge in [-0.05, 0) is 37.6 Å². The van der Waals surface area contributed by atoms with Crippen LogP contribution in [0.15, 0.2) is 51.7 Å². The molecule has 4 nitrogen and oxygen atoms in total. The predicted molar refractivity (Wildman–Crippen MR) is 91.4 cm³/mol. The SMILES string of the molecule is Cc1ccc(NC(=O)c2cc3cccc(Cl)c3oc2=O)c(C)c1. The molecule has 0 saturated heterocycles. The van der Waals surface area contributed by atoms with Crippen molar-refractivity contribution in [3.05, 3.63) is 74.6 Å². The van der Waals surface area contributed by atoms with Gasteiger partial charge in [-0.25, -0.2) is 4.79 Å². The van der Waals surface area contributed by atoms with Crippen molar-refractivity contribution in [2.24, 2.45) is 0 Å². The van der Waals surface area contributed by atoms with Crippen molar-refractivity contribution in [1.29, 1.82) is 0 Å². The zero-order valence-corrected chi connectivity index (χ0v) is 13.4. The van der Waals surface area contributed by atoms with E-state index in [0.717, 1.165) is 11.1 Å². The Labute approximate surface area is 137 Å². The van der Waals surface area contributed by atoms with Crippen molar-refractivity contribution >= 4 is 34.2 Å². The van der Waals surface area contributed by atoms with Gasteiger partial charge < -0.3 is 9.73 Å². The van der Waals surface area contributed by atoms with Gasteiger partial charge in [0, 0.05) is 11.1 Å². The predicted octanol–water partition coefficient (Wildman–Crippen LogP) is 4.32. The van der Waals surface area contributed by atoms with E-state index in [9.17, 15) is 9.59 Å². The number of para-hydroxylation sites is 1. The first-order valence-corrected chi connectivity index (χ1v) is 7.44. The summed E-state index contributed by atoms with van der Waals surface area (Å²) in [5.41, 5.74) is 2.19. The number of rotatable bonds is 2. The maximum absolute atomic E-state index is 12.4. The maximum Gasteiger partial charge on any atom is 0.349 e. The highest BCUT2D eigenvalue weighted by Gasteiger charge is 2.15. The molecule has 23 heavy (non-hydrogen) atoms. The molecule has 0 fully saturated rings. The van der Waals surface area contributed by atoms with Crippen molar-refractivity contribution in [3.63, 3.8) is 0 Å². The van der Waals surface area contributed by atoms with E-state index in [4.69, 9.17) is 16.0 Å². The third-order valence-corrected chi connectivity index (χ3v) is 3.88. The molecular weight excluding hydrogens is 314 g/mol. The second-order valence-corrected chi connectivity index (χ2v) is 5.79. The Morgan fingerprint density at radius 1 is 1.13 bits per heavy atom. The van der Waals surface area contributed by atoms with E-state index in [0.29, 0.717) is 16.1 Å². The lowest BCUT2D eigenvalue weighted by Gasteiger charge is -2.09. The zero-order valence-electron chi connectivity index (χ0n) is 12.6. The van der Waals surface area contributed by atoms with Crippen molar-refractivity contribution in [2.75, 3.05) is 5.32 Å². The van der Waals surface area contributed by atoms with Gasteiger partial charge in [0.05, 0.1) is 5.02 Å². The van der Waals surface area contributed by atoms with Crippen LogP contribution in [0.3, 0.4) is 0 Å². The van der Waals surface area contributed by atoms with Crippen LogP contribution in [0.25, 0.3) is 11.0 Å². The quantitative estimate of drug-likeness (QED) is 0.713. The molecule has 2 aromatic carbocycles. The largest absolute Gasteiger partial charge is 0.421 e. The lowest BCUT2D eigenvalue weighted by molar-refractivity contribution is 0.102. The number of halogens is 1. The fraction of sp³-hybridized carbons (Fsp3) is 0.111. The van der Waals surface area contributed by atoms with E-state index in [1.165, 1.54) is 6.07 Å². The van der Waals surface area contributed by atoms with Crippen LogP contribution < -0.4 is 10.9 Å². The summed E-state index contributed by atoms with van der Waals surface area (Å²) in [6, 6.07) is 12.2. The minimum atomic E-state index is -0.715. The molecule has 1 aromatic heterocycles. The highest BCUT2D eigenvalue weighted by atomic mass is 35.5. The Hall–Kier alpha value is -2.59. The lowest BCUT2D eigenvalue weighted by atomic mass is 10.1. The van der Waals surface area contributed by atoms with Crippen LogP contribution in [0.4, 0.5) is 5.69 Å². The van der Waals surface area contributed by atoms with Crippen LogP contribution in [0.2, 0.25) is 5.02 Å². The standard InChI is InChI=1S/C18H14ClNO3/c1-10-6-7-15(11(2)8-10)20-17(21)13-9-12-4-3-5-14(19)16(12)23-18(13)22/h3-9H,1-2H3,(H,20,21). The maximum atomic E-state index is 12.4. The number of anilines is 1. The second kappa shape index (κ2) is 5.89. The zero-order chi connectivity index (χ0) is 16.6. The Morgan fingerprint density at radius 3 is 2.65 bits per heavy atom. The minimum Gasteiger partial charge on any atom is -0.421 e. The first-order valence-electron chi connectivity index (χ1n) is 7.06. The molecular formula is C18H14ClNO3. The van der Waals surface area contributed by atoms with Crippen LogP contribution in [-0.4, -0.2) is 5.91 Å². The molecule has 0 spiro atoms. The monoisotopic (exact) mass is 327 g/mol. The summed E-state index contributed by atoms with van der Waals surface area (Å²) in [5.74, 6) is -0.507. The molecule has 0 aliphatic rings. The minimum absolute atomic E-state index is 0.0558. The van der Waals surface area contributed by atoms with Gasteiger partial charge in [-0.1, -0.05) is 41.4 Å². The molecule has 1 N–H and O–H groups in total. The molecule has 3 aromatic rings. The summed E-state index contributed by atoms with van der Waals surface area (Å²) < 4.78 is 5.18. The van der Waals surface area contributed by atoms with E-state index in [1.807, 2.05) is 32.0 Å². The highest BCUT2D eigenvalue weighted by molar-refractivity contribution is 6.34. The second-order valence-electron chi connectivity index (χ2n) is 5.38. The number of carbonyl (C=O) groups is 1. The van der Waals surface area contributed by atoms with E-state index >= 15 is 0 Å². The molecule has 116 valence electrons. The first-order chi connectivity index (χ1) is 11.0. The van der Waals surface area contributed by atoms with Crippen molar-refractivity contribution in [1.82, 2.24) is 0 Å². The fourth-order valence-corrected chi connectivity index (χ4v) is 2.63. The summed E-state index contributed by atoms with van der Waals surface area (Å²) in [4.78, 5) is 24.5. The Bertz CT molecular complexity index is 976. The summed E-state index contributed by atoms with van der Waals surface area (Å²) in [7, 11) is 0. The highest BCUT2D eigenvalue weighted by Crippen LogP contribution is 2.23. The van der Waals surface area contributed by atoms with E-state index < -0.39 is 11.5 Å². The van der Waals surface area contributed by atoms with Crippen molar-refractivity contribution in [2.45, 2.75) is 13.8 Å². The Morgan fingerprint density at radius 2 is 1.91 bits per heavy atom. The van der Waals surface area contributed by atoms with Gasteiger partial charge in [0.2, 0.25) is 0 Å². The smallest absolute Gasteiger partial charge is 0.349 e. The molecule has 1 amide bonds. The van der Waals surface area contributed by atoms with E-state index in [1.54, 1.807) is 18.2 Å². The molecule has 0 atom stereocenters. The number of nitrogens with one attached hydrogen (secondary N) is 1. The number of hydrogen-bond donors (Lipinski definition) is 1. The molecule has 0 aliphatic carbocycles. The average Bonchev–Trinajstić information content (AvgIpc) is 2.50. The van der Waals surface area contributed by atoms with E-state index in [2.05, 4.69) is 5.32 Å². The summed E-state index contributed by atoms with van der Waals surface area (Å²) in [5, 5.41) is 3.68. The van der Waals surface area contributed by atoms with Crippen molar-refractivity contribution < 1.29 is 9.21 Å². The number of carbonyl (C=O) groups excluding carboxylic acids is 1. The van der Waals surface area contributed by atoms with Crippen LogP contribution in [0, 0.1) is 13.8 Å². The van der Waals surface area contributed by atoms with Gasteiger partial charge in [-0.15, -0.1) is 0 Å². The van der Waals surface area contributed by atoms with Gasteiger partial charge >= 0.3 is 5.63 Å². The number of benzene rings is 2. The lowest BCUT2D eigenvalue weighted by Crippen LogP contribution is -2.21. The molecule has 5 heteroatoms. The molecule has 0 saturated carbocycles. The normalized spacial score (nSPS) is 10.7. The van der Waals surface area contributed by atoms with Gasteiger partial charge in [-0.2, -0.15) is 0 Å². The molecule has 0 radical (unpaired) electrons. The molecule has 0 aliphatic heterocycles. The summed E-state index contributed by atoms with van der Waals surface area (Å²) >= 11 is 5.99. The number of hydrogen-bond acceptors (Lipinski definition) is 3. The Balaban J connectivity index is 2.01. The average molecular weight is 328 g/mol. The first kappa shape index (κ1) is 15.3. The molecule has 1 heterocycles.